The lowest BCUT2D eigenvalue weighted by Crippen LogP contribution is -2.28. The van der Waals surface area contributed by atoms with Gasteiger partial charge in [0.05, 0.1) is 24.3 Å². The summed E-state index contributed by atoms with van der Waals surface area (Å²) in [7, 11) is 0. The van der Waals surface area contributed by atoms with Gasteiger partial charge in [0.25, 0.3) is 0 Å². The lowest BCUT2D eigenvalue weighted by Gasteiger charge is -2.17. The predicted molar refractivity (Wildman–Crippen MR) is 84.2 cm³/mol. The molecule has 118 valence electrons. The Hall–Kier alpha value is -1.40. The van der Waals surface area contributed by atoms with Crippen molar-refractivity contribution in [1.29, 1.82) is 0 Å². The van der Waals surface area contributed by atoms with Gasteiger partial charge in [-0.1, -0.05) is 20.8 Å². The summed E-state index contributed by atoms with van der Waals surface area (Å²) in [6.45, 7) is 12.0. The van der Waals surface area contributed by atoms with Crippen molar-refractivity contribution < 1.29 is 4.79 Å². The van der Waals surface area contributed by atoms with Gasteiger partial charge < -0.3 is 15.5 Å². The van der Waals surface area contributed by atoms with Crippen molar-refractivity contribution in [1.82, 2.24) is 20.0 Å². The van der Waals surface area contributed by atoms with Crippen LogP contribution in [0.25, 0.3) is 0 Å². The summed E-state index contributed by atoms with van der Waals surface area (Å²) in [5, 5.41) is 10.5. The fraction of sp³-hybridized carbons (Fsp3) is 0.733. The number of anilines is 1. The maximum Gasteiger partial charge on any atom is 0.229 e. The number of amides is 1. The third-order valence-corrected chi connectivity index (χ3v) is 4.29. The number of hydrogen-bond acceptors (Lipinski definition) is 4. The lowest BCUT2D eigenvalue weighted by molar-refractivity contribution is -0.120. The third kappa shape index (κ3) is 4.28. The summed E-state index contributed by atoms with van der Waals surface area (Å²) in [4.78, 5) is 14.5. The Balaban J connectivity index is 1.84. The molecule has 1 aromatic rings. The minimum absolute atomic E-state index is 0.0593. The number of nitrogens with one attached hydrogen (secondary N) is 2. The summed E-state index contributed by atoms with van der Waals surface area (Å²) >= 11 is 0. The topological polar surface area (TPSA) is 62.2 Å². The molecule has 1 amide bonds. The molecule has 21 heavy (non-hydrogen) atoms. The molecule has 2 heterocycles. The number of nitrogens with zero attached hydrogens (tertiary/aromatic N) is 3. The molecule has 2 atom stereocenters. The van der Waals surface area contributed by atoms with Crippen LogP contribution in [0, 0.1) is 11.8 Å². The first kappa shape index (κ1) is 16.0. The van der Waals surface area contributed by atoms with Crippen LogP contribution < -0.4 is 10.6 Å². The van der Waals surface area contributed by atoms with Crippen LogP contribution in [0.5, 0.6) is 0 Å². The summed E-state index contributed by atoms with van der Waals surface area (Å²) in [6, 6.07) is 0. The Morgan fingerprint density at radius 3 is 2.86 bits per heavy atom. The average molecular weight is 293 g/mol. The smallest absolute Gasteiger partial charge is 0.229 e. The van der Waals surface area contributed by atoms with Gasteiger partial charge in [-0.3, -0.25) is 9.48 Å². The van der Waals surface area contributed by atoms with Crippen LogP contribution >= 0.6 is 0 Å². The van der Waals surface area contributed by atoms with E-state index in [0.29, 0.717) is 5.92 Å². The number of hydrogen-bond donors (Lipinski definition) is 2. The standard InChI is InChI=1S/C15H27N5O/c1-4-19(5-2)6-7-20-11-13(9-17-20)18-15(21)14-10-16-8-12(14)3/h9,11-12,14,16H,4-8,10H2,1-3H3,(H,18,21)/t12-,14-/m1/s1. The van der Waals surface area contributed by atoms with E-state index in [0.717, 1.165) is 45.0 Å². The molecule has 6 nitrogen and oxygen atoms in total. The highest BCUT2D eigenvalue weighted by Gasteiger charge is 2.29. The maximum absolute atomic E-state index is 12.2. The molecule has 1 aromatic heterocycles. The van der Waals surface area contributed by atoms with E-state index in [1.807, 2.05) is 10.9 Å². The molecule has 2 rings (SSSR count). The Bertz CT molecular complexity index is 455. The van der Waals surface area contributed by atoms with Crippen LogP contribution in [0.1, 0.15) is 20.8 Å². The maximum atomic E-state index is 12.2. The first-order valence-corrected chi connectivity index (χ1v) is 7.90. The van der Waals surface area contributed by atoms with Crippen LogP contribution in [0.15, 0.2) is 12.4 Å². The van der Waals surface area contributed by atoms with Crippen LogP contribution in [0.3, 0.4) is 0 Å². The second-order valence-electron chi connectivity index (χ2n) is 5.75. The van der Waals surface area contributed by atoms with Crippen molar-refractivity contribution in [3.05, 3.63) is 12.4 Å². The van der Waals surface area contributed by atoms with E-state index in [1.165, 1.54) is 0 Å². The number of carbonyl (C=O) groups excluding carboxylic acids is 1. The molecule has 2 N–H and O–H groups in total. The van der Waals surface area contributed by atoms with Gasteiger partial charge in [0.15, 0.2) is 0 Å². The van der Waals surface area contributed by atoms with Gasteiger partial charge in [0, 0.05) is 19.3 Å². The van der Waals surface area contributed by atoms with Crippen molar-refractivity contribution in [3.8, 4) is 0 Å². The molecule has 0 unspecified atom stereocenters. The van der Waals surface area contributed by atoms with Crippen LogP contribution in [-0.2, 0) is 11.3 Å². The Morgan fingerprint density at radius 2 is 2.24 bits per heavy atom. The zero-order valence-corrected chi connectivity index (χ0v) is 13.3. The normalized spacial score (nSPS) is 21.9. The van der Waals surface area contributed by atoms with Crippen molar-refractivity contribution >= 4 is 11.6 Å². The molecule has 6 heteroatoms. The molecule has 0 saturated carbocycles. The fourth-order valence-electron chi connectivity index (χ4n) is 2.73. The Morgan fingerprint density at radius 1 is 1.48 bits per heavy atom. The summed E-state index contributed by atoms with van der Waals surface area (Å²) in [5.41, 5.74) is 0.790. The number of aromatic nitrogens is 2. The molecule has 0 aliphatic carbocycles. The fourth-order valence-corrected chi connectivity index (χ4v) is 2.73. The van der Waals surface area contributed by atoms with E-state index in [9.17, 15) is 4.79 Å². The monoisotopic (exact) mass is 293 g/mol. The summed E-state index contributed by atoms with van der Waals surface area (Å²) in [6.07, 6.45) is 3.64. The number of carbonyl (C=O) groups is 1. The Kier molecular flexibility index (Phi) is 5.76. The minimum atomic E-state index is 0.0593. The van der Waals surface area contributed by atoms with Gasteiger partial charge in [-0.15, -0.1) is 0 Å². The SMILES string of the molecule is CCN(CC)CCn1cc(NC(=O)[C@@H]2CNC[C@H]2C)cn1. The molecule has 1 aliphatic heterocycles. The quantitative estimate of drug-likeness (QED) is 0.788. The van der Waals surface area contributed by atoms with Gasteiger partial charge in [-0.25, -0.2) is 0 Å². The molecule has 1 aliphatic rings. The Labute approximate surface area is 126 Å². The molecular weight excluding hydrogens is 266 g/mol. The summed E-state index contributed by atoms with van der Waals surface area (Å²) < 4.78 is 1.89. The van der Waals surface area contributed by atoms with E-state index >= 15 is 0 Å². The number of likely N-dealkylation sites (N-methyl/N-ethyl adjacent to an activating group) is 1. The van der Waals surface area contributed by atoms with Crippen LogP contribution in [0.2, 0.25) is 0 Å². The highest BCUT2D eigenvalue weighted by atomic mass is 16.2. The van der Waals surface area contributed by atoms with Crippen LogP contribution in [-0.4, -0.2) is 53.3 Å². The molecule has 1 saturated heterocycles. The first-order chi connectivity index (χ1) is 10.1. The molecular formula is C15H27N5O. The van der Waals surface area contributed by atoms with E-state index < -0.39 is 0 Å². The van der Waals surface area contributed by atoms with Crippen molar-refractivity contribution in [2.75, 3.05) is 38.0 Å². The third-order valence-electron chi connectivity index (χ3n) is 4.29. The van der Waals surface area contributed by atoms with Crippen molar-refractivity contribution in [3.63, 3.8) is 0 Å². The molecule has 0 aromatic carbocycles. The first-order valence-electron chi connectivity index (χ1n) is 7.90. The zero-order valence-electron chi connectivity index (χ0n) is 13.3. The van der Waals surface area contributed by atoms with Gasteiger partial charge in [-0.05, 0) is 25.6 Å². The highest BCUT2D eigenvalue weighted by Crippen LogP contribution is 2.18. The summed E-state index contributed by atoms with van der Waals surface area (Å²) in [5.74, 6) is 0.544. The van der Waals surface area contributed by atoms with Crippen molar-refractivity contribution in [2.24, 2.45) is 11.8 Å². The lowest BCUT2D eigenvalue weighted by atomic mass is 9.97. The van der Waals surface area contributed by atoms with E-state index in [1.54, 1.807) is 6.20 Å². The van der Waals surface area contributed by atoms with E-state index in [2.05, 4.69) is 41.4 Å². The number of rotatable bonds is 7. The molecule has 0 bridgehead atoms. The average Bonchev–Trinajstić information content (AvgIpc) is 3.09. The zero-order chi connectivity index (χ0) is 15.2. The predicted octanol–water partition coefficient (Wildman–Crippen LogP) is 1.02. The molecule has 0 radical (unpaired) electrons. The molecule has 1 fully saturated rings. The van der Waals surface area contributed by atoms with Gasteiger partial charge >= 0.3 is 0 Å². The van der Waals surface area contributed by atoms with Gasteiger partial charge in [-0.2, -0.15) is 5.10 Å². The highest BCUT2D eigenvalue weighted by molar-refractivity contribution is 5.92. The second-order valence-corrected chi connectivity index (χ2v) is 5.75. The largest absolute Gasteiger partial charge is 0.323 e. The van der Waals surface area contributed by atoms with Gasteiger partial charge in [0.1, 0.15) is 0 Å². The molecule has 0 spiro atoms. The van der Waals surface area contributed by atoms with Crippen LogP contribution in [0.4, 0.5) is 5.69 Å². The van der Waals surface area contributed by atoms with E-state index in [-0.39, 0.29) is 11.8 Å². The second kappa shape index (κ2) is 7.56. The minimum Gasteiger partial charge on any atom is -0.323 e. The van der Waals surface area contributed by atoms with Gasteiger partial charge in [0.2, 0.25) is 5.91 Å². The van der Waals surface area contributed by atoms with Crippen molar-refractivity contribution in [2.45, 2.75) is 27.3 Å². The van der Waals surface area contributed by atoms with E-state index in [4.69, 9.17) is 0 Å².